The Morgan fingerprint density at radius 3 is 2.50 bits per heavy atom. The molecule has 4 nitrogen and oxygen atoms in total. The quantitative estimate of drug-likeness (QED) is 0.695. The van der Waals surface area contributed by atoms with Crippen molar-refractivity contribution in [3.05, 3.63) is 0 Å². The largest absolute Gasteiger partial charge is 0.380 e. The summed E-state index contributed by atoms with van der Waals surface area (Å²) in [4.78, 5) is 0. The van der Waals surface area contributed by atoms with Crippen LogP contribution in [0.1, 0.15) is 32.6 Å². The molecular formula is C11H23NO3S. The van der Waals surface area contributed by atoms with Gasteiger partial charge >= 0.3 is 0 Å². The molecule has 1 saturated carbocycles. The van der Waals surface area contributed by atoms with Gasteiger partial charge in [-0.3, -0.25) is 0 Å². The lowest BCUT2D eigenvalue weighted by Crippen LogP contribution is -2.38. The first-order valence-electron chi connectivity index (χ1n) is 5.99. The van der Waals surface area contributed by atoms with E-state index in [1.807, 2.05) is 0 Å². The van der Waals surface area contributed by atoms with Gasteiger partial charge in [-0.25, -0.2) is 8.42 Å². The van der Waals surface area contributed by atoms with Crippen molar-refractivity contribution in [3.8, 4) is 0 Å². The van der Waals surface area contributed by atoms with Gasteiger partial charge in [-0.2, -0.15) is 0 Å². The van der Waals surface area contributed by atoms with Crippen LogP contribution in [0.2, 0.25) is 0 Å². The second-order valence-electron chi connectivity index (χ2n) is 4.58. The Morgan fingerprint density at radius 1 is 1.44 bits per heavy atom. The molecule has 0 aromatic carbocycles. The summed E-state index contributed by atoms with van der Waals surface area (Å²) in [5, 5.41) is 0. The molecule has 16 heavy (non-hydrogen) atoms. The van der Waals surface area contributed by atoms with E-state index in [0.717, 1.165) is 6.42 Å². The molecule has 5 heteroatoms. The molecule has 0 aromatic rings. The topological polar surface area (TPSA) is 69.4 Å². The molecule has 1 rings (SSSR count). The van der Waals surface area contributed by atoms with Gasteiger partial charge < -0.3 is 10.5 Å². The summed E-state index contributed by atoms with van der Waals surface area (Å²) in [6.07, 6.45) is 3.88. The highest BCUT2D eigenvalue weighted by atomic mass is 32.2. The maximum Gasteiger partial charge on any atom is 0.150 e. The Morgan fingerprint density at radius 2 is 2.06 bits per heavy atom. The van der Waals surface area contributed by atoms with Crippen LogP contribution < -0.4 is 5.73 Å². The Bertz CT molecular complexity index is 298. The second kappa shape index (κ2) is 5.98. The third kappa shape index (κ3) is 4.39. The molecule has 1 aliphatic carbocycles. The zero-order chi connectivity index (χ0) is 12.2. The van der Waals surface area contributed by atoms with Crippen LogP contribution in [0, 0.1) is 5.92 Å². The third-order valence-corrected chi connectivity index (χ3v) is 5.00. The van der Waals surface area contributed by atoms with Crippen molar-refractivity contribution in [2.45, 2.75) is 44.8 Å². The first-order chi connectivity index (χ1) is 7.50. The number of hydrogen-bond donors (Lipinski definition) is 1. The Hall–Kier alpha value is -0.130. The van der Waals surface area contributed by atoms with Gasteiger partial charge in [-0.1, -0.05) is 6.92 Å². The standard InChI is InChI=1S/C11H23NO3S/c1-3-16(13,14)8-4-5-10(12)11(15-2)9-6-7-9/h9-11H,3-8,12H2,1-2H3. The predicted molar refractivity (Wildman–Crippen MR) is 65.1 cm³/mol. The minimum Gasteiger partial charge on any atom is -0.380 e. The maximum atomic E-state index is 11.3. The van der Waals surface area contributed by atoms with Crippen molar-refractivity contribution in [3.63, 3.8) is 0 Å². The van der Waals surface area contributed by atoms with Crippen LogP contribution in [-0.4, -0.2) is 39.2 Å². The van der Waals surface area contributed by atoms with Crippen molar-refractivity contribution < 1.29 is 13.2 Å². The summed E-state index contributed by atoms with van der Waals surface area (Å²) in [6.45, 7) is 1.68. The number of ether oxygens (including phenoxy) is 1. The molecule has 0 amide bonds. The Kier molecular flexibility index (Phi) is 5.21. The third-order valence-electron chi connectivity index (χ3n) is 3.21. The van der Waals surface area contributed by atoms with E-state index in [0.29, 0.717) is 12.3 Å². The summed E-state index contributed by atoms with van der Waals surface area (Å²) in [6, 6.07) is -0.0236. The van der Waals surface area contributed by atoms with Crippen molar-refractivity contribution in [1.82, 2.24) is 0 Å². The fourth-order valence-electron chi connectivity index (χ4n) is 1.99. The molecule has 0 aromatic heterocycles. The molecular weight excluding hydrogens is 226 g/mol. The molecule has 0 spiro atoms. The number of hydrogen-bond acceptors (Lipinski definition) is 4. The van der Waals surface area contributed by atoms with Gasteiger partial charge in [0.05, 0.1) is 11.9 Å². The SMILES string of the molecule is CCS(=O)(=O)CCCC(N)C(OC)C1CC1. The van der Waals surface area contributed by atoms with Crippen molar-refractivity contribution >= 4 is 9.84 Å². The maximum absolute atomic E-state index is 11.3. The normalized spacial score (nSPS) is 20.7. The molecule has 0 bridgehead atoms. The first kappa shape index (κ1) is 13.9. The number of rotatable bonds is 8. The van der Waals surface area contributed by atoms with Crippen molar-refractivity contribution in [2.75, 3.05) is 18.6 Å². The molecule has 96 valence electrons. The molecule has 0 heterocycles. The van der Waals surface area contributed by atoms with Gasteiger partial charge in [0.15, 0.2) is 0 Å². The van der Waals surface area contributed by atoms with Crippen LogP contribution >= 0.6 is 0 Å². The molecule has 2 N–H and O–H groups in total. The van der Waals surface area contributed by atoms with Crippen LogP contribution in [0.3, 0.4) is 0 Å². The summed E-state index contributed by atoms with van der Waals surface area (Å²) in [5.74, 6) is 1.07. The number of methoxy groups -OCH3 is 1. The van der Waals surface area contributed by atoms with Gasteiger partial charge in [0.25, 0.3) is 0 Å². The fourth-order valence-corrected chi connectivity index (χ4v) is 2.88. The lowest BCUT2D eigenvalue weighted by Gasteiger charge is -2.22. The van der Waals surface area contributed by atoms with E-state index in [1.165, 1.54) is 12.8 Å². The fraction of sp³-hybridized carbons (Fsp3) is 1.00. The molecule has 1 aliphatic rings. The molecule has 0 saturated heterocycles. The number of nitrogens with two attached hydrogens (primary N) is 1. The highest BCUT2D eigenvalue weighted by molar-refractivity contribution is 7.91. The van der Waals surface area contributed by atoms with E-state index in [2.05, 4.69) is 0 Å². The van der Waals surface area contributed by atoms with Gasteiger partial charge in [0.1, 0.15) is 9.84 Å². The van der Waals surface area contributed by atoms with E-state index in [-0.39, 0.29) is 23.7 Å². The van der Waals surface area contributed by atoms with Crippen LogP contribution in [-0.2, 0) is 14.6 Å². The Labute approximate surface area is 98.5 Å². The average Bonchev–Trinajstić information content (AvgIpc) is 3.03. The highest BCUT2D eigenvalue weighted by Gasteiger charge is 2.34. The molecule has 2 atom stereocenters. The van der Waals surface area contributed by atoms with E-state index in [9.17, 15) is 8.42 Å². The molecule has 1 fully saturated rings. The van der Waals surface area contributed by atoms with Crippen LogP contribution in [0.5, 0.6) is 0 Å². The van der Waals surface area contributed by atoms with Crippen LogP contribution in [0.4, 0.5) is 0 Å². The monoisotopic (exact) mass is 249 g/mol. The van der Waals surface area contributed by atoms with E-state index < -0.39 is 9.84 Å². The van der Waals surface area contributed by atoms with Crippen LogP contribution in [0.15, 0.2) is 0 Å². The van der Waals surface area contributed by atoms with Gasteiger partial charge in [-0.15, -0.1) is 0 Å². The van der Waals surface area contributed by atoms with Crippen molar-refractivity contribution in [1.29, 1.82) is 0 Å². The van der Waals surface area contributed by atoms with E-state index in [1.54, 1.807) is 14.0 Å². The predicted octanol–water partition coefficient (Wildman–Crippen LogP) is 0.954. The zero-order valence-electron chi connectivity index (χ0n) is 10.2. The summed E-state index contributed by atoms with van der Waals surface area (Å²) < 4.78 is 28.0. The zero-order valence-corrected chi connectivity index (χ0v) is 11.0. The number of sulfone groups is 1. The smallest absolute Gasteiger partial charge is 0.150 e. The van der Waals surface area contributed by atoms with Crippen molar-refractivity contribution in [2.24, 2.45) is 11.7 Å². The van der Waals surface area contributed by atoms with Crippen LogP contribution in [0.25, 0.3) is 0 Å². The van der Waals surface area contributed by atoms with Gasteiger partial charge in [0, 0.05) is 18.9 Å². The average molecular weight is 249 g/mol. The van der Waals surface area contributed by atoms with Gasteiger partial charge in [0.2, 0.25) is 0 Å². The van der Waals surface area contributed by atoms with E-state index in [4.69, 9.17) is 10.5 Å². The summed E-state index contributed by atoms with van der Waals surface area (Å²) >= 11 is 0. The summed E-state index contributed by atoms with van der Waals surface area (Å²) in [7, 11) is -1.16. The molecule has 2 unspecified atom stereocenters. The Balaban J connectivity index is 2.26. The summed E-state index contributed by atoms with van der Waals surface area (Å²) in [5.41, 5.74) is 6.02. The first-order valence-corrected chi connectivity index (χ1v) is 7.81. The molecule has 0 radical (unpaired) electrons. The minimum atomic E-state index is -2.85. The minimum absolute atomic E-state index is 0.0236. The highest BCUT2D eigenvalue weighted by Crippen LogP contribution is 2.35. The van der Waals surface area contributed by atoms with Gasteiger partial charge in [-0.05, 0) is 31.6 Å². The second-order valence-corrected chi connectivity index (χ2v) is 7.05. The lowest BCUT2D eigenvalue weighted by molar-refractivity contribution is 0.0601. The lowest BCUT2D eigenvalue weighted by atomic mass is 10.0. The molecule has 0 aliphatic heterocycles. The van der Waals surface area contributed by atoms with E-state index >= 15 is 0 Å².